The summed E-state index contributed by atoms with van der Waals surface area (Å²) in [7, 11) is 0. The highest BCUT2D eigenvalue weighted by molar-refractivity contribution is 5.76. The number of aliphatic hydroxyl groups excluding tert-OH is 1. The third-order valence-corrected chi connectivity index (χ3v) is 2.32. The van der Waals surface area contributed by atoms with E-state index in [9.17, 15) is 9.50 Å². The zero-order valence-electron chi connectivity index (χ0n) is 8.02. The number of aliphatic hydroxyl groups is 2. The third-order valence-electron chi connectivity index (χ3n) is 2.32. The molecule has 1 atom stereocenters. The minimum atomic E-state index is -2.43. The number of alkyl halides is 1. The maximum Gasteiger partial charge on any atom is 0.233 e. The summed E-state index contributed by atoms with van der Waals surface area (Å²) in [4.78, 5) is 0. The van der Waals surface area contributed by atoms with Gasteiger partial charge in [0, 0.05) is 5.57 Å². The van der Waals surface area contributed by atoms with Crippen LogP contribution in [-0.2, 0) is 0 Å². The van der Waals surface area contributed by atoms with Crippen LogP contribution < -0.4 is 0 Å². The van der Waals surface area contributed by atoms with Gasteiger partial charge in [-0.3, -0.25) is 0 Å². The maximum absolute atomic E-state index is 13.1. The molecule has 1 unspecified atom stereocenters. The maximum atomic E-state index is 13.1. The van der Waals surface area contributed by atoms with Crippen molar-refractivity contribution in [2.45, 2.75) is 12.3 Å². The van der Waals surface area contributed by atoms with Gasteiger partial charge in [0.05, 0.1) is 6.42 Å². The molecule has 0 aromatic heterocycles. The number of allylic oxidation sites excluding steroid dienone is 2. The summed E-state index contributed by atoms with van der Waals surface area (Å²) >= 11 is 0. The molecule has 0 heterocycles. The van der Waals surface area contributed by atoms with Gasteiger partial charge >= 0.3 is 0 Å². The van der Waals surface area contributed by atoms with Crippen LogP contribution in [0.5, 0.6) is 0 Å². The quantitative estimate of drug-likeness (QED) is 0.741. The molecule has 2 N–H and O–H groups in total. The molecule has 1 aromatic carbocycles. The van der Waals surface area contributed by atoms with E-state index in [-0.39, 0.29) is 5.76 Å². The van der Waals surface area contributed by atoms with Gasteiger partial charge in [-0.2, -0.15) is 0 Å². The molecular formula is C12H11FO2. The van der Waals surface area contributed by atoms with Gasteiger partial charge in [0.2, 0.25) is 5.85 Å². The van der Waals surface area contributed by atoms with Crippen molar-refractivity contribution in [3.05, 3.63) is 53.8 Å². The molecule has 0 spiro atoms. The molecule has 3 heteroatoms. The number of benzene rings is 1. The summed E-state index contributed by atoms with van der Waals surface area (Å²) in [6.45, 7) is 0. The Kier molecular flexibility index (Phi) is 2.32. The van der Waals surface area contributed by atoms with Crippen molar-refractivity contribution in [2.75, 3.05) is 0 Å². The first-order valence-corrected chi connectivity index (χ1v) is 4.66. The van der Waals surface area contributed by atoms with Crippen LogP contribution in [0.3, 0.4) is 0 Å². The molecule has 15 heavy (non-hydrogen) atoms. The fraction of sp³-hybridized carbons (Fsp3) is 0.167. The predicted octanol–water partition coefficient (Wildman–Crippen LogP) is 2.57. The number of hydrogen-bond donors (Lipinski definition) is 2. The Labute approximate surface area is 87.0 Å². The Hall–Kier alpha value is -1.61. The standard InChI is InChI=1S/C12H11FO2/c13-12(15)7-6-10(11(14)8-12)9-4-2-1-3-5-9/h1-7,14-15H,8H2. The van der Waals surface area contributed by atoms with Gasteiger partial charge in [-0.15, -0.1) is 0 Å². The molecule has 0 radical (unpaired) electrons. The van der Waals surface area contributed by atoms with E-state index < -0.39 is 12.3 Å². The summed E-state index contributed by atoms with van der Waals surface area (Å²) in [5, 5.41) is 18.6. The predicted molar refractivity (Wildman–Crippen MR) is 55.8 cm³/mol. The molecular weight excluding hydrogens is 195 g/mol. The van der Waals surface area contributed by atoms with Crippen LogP contribution in [0.4, 0.5) is 4.39 Å². The van der Waals surface area contributed by atoms with Crippen LogP contribution in [-0.4, -0.2) is 16.1 Å². The Morgan fingerprint density at radius 1 is 1.20 bits per heavy atom. The molecule has 0 saturated heterocycles. The zero-order chi connectivity index (χ0) is 10.9. The average Bonchev–Trinajstić information content (AvgIpc) is 2.17. The lowest BCUT2D eigenvalue weighted by Crippen LogP contribution is -2.22. The van der Waals surface area contributed by atoms with Crippen molar-refractivity contribution in [3.8, 4) is 0 Å². The van der Waals surface area contributed by atoms with Crippen LogP contribution in [0.25, 0.3) is 5.57 Å². The lowest BCUT2D eigenvalue weighted by atomic mass is 9.96. The van der Waals surface area contributed by atoms with E-state index in [1.165, 1.54) is 6.08 Å². The molecule has 2 nitrogen and oxygen atoms in total. The van der Waals surface area contributed by atoms with E-state index >= 15 is 0 Å². The molecule has 1 aliphatic rings. The van der Waals surface area contributed by atoms with E-state index in [2.05, 4.69) is 0 Å². The Morgan fingerprint density at radius 2 is 1.87 bits per heavy atom. The molecule has 0 amide bonds. The highest BCUT2D eigenvalue weighted by atomic mass is 19.2. The van der Waals surface area contributed by atoms with Crippen LogP contribution in [0.15, 0.2) is 48.2 Å². The first kappa shape index (κ1) is 9.93. The van der Waals surface area contributed by atoms with Crippen molar-refractivity contribution >= 4 is 5.57 Å². The number of rotatable bonds is 1. The summed E-state index contributed by atoms with van der Waals surface area (Å²) in [6, 6.07) is 9.16. The summed E-state index contributed by atoms with van der Waals surface area (Å²) < 4.78 is 13.1. The van der Waals surface area contributed by atoms with Gasteiger partial charge in [-0.05, 0) is 17.7 Å². The molecule has 0 fully saturated rings. The first-order valence-electron chi connectivity index (χ1n) is 4.66. The molecule has 0 aliphatic heterocycles. The van der Waals surface area contributed by atoms with E-state index in [0.717, 1.165) is 11.6 Å². The molecule has 2 rings (SSSR count). The van der Waals surface area contributed by atoms with Crippen LogP contribution in [0, 0.1) is 0 Å². The van der Waals surface area contributed by atoms with E-state index in [0.29, 0.717) is 5.57 Å². The van der Waals surface area contributed by atoms with Crippen LogP contribution >= 0.6 is 0 Å². The third kappa shape index (κ3) is 2.07. The Morgan fingerprint density at radius 3 is 2.47 bits per heavy atom. The average molecular weight is 206 g/mol. The van der Waals surface area contributed by atoms with Gasteiger partial charge in [-0.25, -0.2) is 4.39 Å². The monoisotopic (exact) mass is 206 g/mol. The number of hydrogen-bond acceptors (Lipinski definition) is 2. The second kappa shape index (κ2) is 3.51. The van der Waals surface area contributed by atoms with Crippen molar-refractivity contribution in [1.29, 1.82) is 0 Å². The molecule has 1 aliphatic carbocycles. The topological polar surface area (TPSA) is 40.5 Å². The fourth-order valence-corrected chi connectivity index (χ4v) is 1.58. The highest BCUT2D eigenvalue weighted by Crippen LogP contribution is 2.31. The fourth-order valence-electron chi connectivity index (χ4n) is 1.58. The van der Waals surface area contributed by atoms with Gasteiger partial charge in [0.1, 0.15) is 5.76 Å². The summed E-state index contributed by atoms with van der Waals surface area (Å²) in [5.41, 5.74) is 1.36. The Balaban J connectivity index is 2.37. The minimum Gasteiger partial charge on any atom is -0.511 e. The lowest BCUT2D eigenvalue weighted by Gasteiger charge is -2.20. The minimum absolute atomic E-state index is 0.131. The lowest BCUT2D eigenvalue weighted by molar-refractivity contribution is -0.0476. The molecule has 78 valence electrons. The van der Waals surface area contributed by atoms with Crippen molar-refractivity contribution < 1.29 is 14.6 Å². The second-order valence-electron chi connectivity index (χ2n) is 3.56. The van der Waals surface area contributed by atoms with Crippen molar-refractivity contribution in [3.63, 3.8) is 0 Å². The zero-order valence-corrected chi connectivity index (χ0v) is 8.02. The smallest absolute Gasteiger partial charge is 0.233 e. The first-order chi connectivity index (χ1) is 7.08. The van der Waals surface area contributed by atoms with Gasteiger partial charge in [0.25, 0.3) is 0 Å². The van der Waals surface area contributed by atoms with E-state index in [4.69, 9.17) is 5.11 Å². The van der Waals surface area contributed by atoms with E-state index in [1.807, 2.05) is 30.3 Å². The van der Waals surface area contributed by atoms with Crippen LogP contribution in [0.1, 0.15) is 12.0 Å². The second-order valence-corrected chi connectivity index (χ2v) is 3.56. The Bertz CT molecular complexity index is 419. The van der Waals surface area contributed by atoms with Gasteiger partial charge < -0.3 is 10.2 Å². The summed E-state index contributed by atoms with van der Waals surface area (Å²) in [6.07, 6.45) is 2.05. The highest BCUT2D eigenvalue weighted by Gasteiger charge is 2.29. The van der Waals surface area contributed by atoms with Crippen molar-refractivity contribution in [1.82, 2.24) is 0 Å². The van der Waals surface area contributed by atoms with E-state index in [1.54, 1.807) is 0 Å². The summed E-state index contributed by atoms with van der Waals surface area (Å²) in [5.74, 6) is -2.56. The molecule has 1 aromatic rings. The largest absolute Gasteiger partial charge is 0.511 e. The molecule has 0 bridgehead atoms. The molecule has 0 saturated carbocycles. The van der Waals surface area contributed by atoms with Gasteiger partial charge in [-0.1, -0.05) is 30.3 Å². The van der Waals surface area contributed by atoms with Crippen LogP contribution in [0.2, 0.25) is 0 Å². The number of halogens is 1. The normalized spacial score (nSPS) is 25.7. The van der Waals surface area contributed by atoms with Crippen molar-refractivity contribution in [2.24, 2.45) is 0 Å². The SMILES string of the molecule is OC1=C(c2ccccc2)C=CC(O)(F)C1. The van der Waals surface area contributed by atoms with Gasteiger partial charge in [0.15, 0.2) is 0 Å².